The number of fused-ring (bicyclic) bond motifs is 1. The van der Waals surface area contributed by atoms with Gasteiger partial charge in [0.2, 0.25) is 4.96 Å². The van der Waals surface area contributed by atoms with Gasteiger partial charge < -0.3 is 4.74 Å². The summed E-state index contributed by atoms with van der Waals surface area (Å²) in [7, 11) is 0. The van der Waals surface area contributed by atoms with Crippen LogP contribution >= 0.6 is 11.3 Å². The summed E-state index contributed by atoms with van der Waals surface area (Å²) in [5, 5.41) is 4.28. The van der Waals surface area contributed by atoms with Crippen molar-refractivity contribution in [2.45, 2.75) is 6.92 Å². The van der Waals surface area contributed by atoms with E-state index in [2.05, 4.69) is 10.1 Å². The third kappa shape index (κ3) is 3.89. The van der Waals surface area contributed by atoms with Crippen LogP contribution in [0, 0.1) is 0 Å². The normalized spacial score (nSPS) is 12.1. The minimum absolute atomic E-state index is 0.212. The molecule has 28 heavy (non-hydrogen) atoms. The molecule has 2 heterocycles. The maximum absolute atomic E-state index is 12.6. The van der Waals surface area contributed by atoms with Crippen molar-refractivity contribution in [3.8, 4) is 5.75 Å². The Morgan fingerprint density at radius 1 is 1.04 bits per heavy atom. The van der Waals surface area contributed by atoms with Crippen molar-refractivity contribution >= 4 is 40.5 Å². The Labute approximate surface area is 164 Å². The van der Waals surface area contributed by atoms with Gasteiger partial charge in [0, 0.05) is 6.92 Å². The van der Waals surface area contributed by atoms with Crippen LogP contribution in [0.4, 0.5) is 0 Å². The summed E-state index contributed by atoms with van der Waals surface area (Å²) in [5.41, 5.74) is 1.65. The largest absolute Gasteiger partial charge is 0.427 e. The third-order valence-corrected chi connectivity index (χ3v) is 4.82. The summed E-state index contributed by atoms with van der Waals surface area (Å²) in [6, 6.07) is 16.7. The van der Waals surface area contributed by atoms with Crippen LogP contribution in [-0.4, -0.2) is 20.6 Å². The molecule has 0 radical (unpaired) electrons. The van der Waals surface area contributed by atoms with E-state index in [0.29, 0.717) is 21.1 Å². The van der Waals surface area contributed by atoms with Gasteiger partial charge in [0.05, 0.1) is 4.53 Å². The molecule has 4 aromatic rings. The van der Waals surface area contributed by atoms with Crippen LogP contribution in [0.3, 0.4) is 0 Å². The molecule has 0 fully saturated rings. The Bertz CT molecular complexity index is 1270. The van der Waals surface area contributed by atoms with Crippen molar-refractivity contribution in [2.75, 3.05) is 0 Å². The first kappa shape index (κ1) is 17.8. The molecule has 0 saturated heterocycles. The minimum Gasteiger partial charge on any atom is -0.427 e. The highest BCUT2D eigenvalue weighted by molar-refractivity contribution is 7.15. The second-order valence-corrected chi connectivity index (χ2v) is 7.00. The van der Waals surface area contributed by atoms with Crippen LogP contribution in [0.15, 0.2) is 59.4 Å². The Morgan fingerprint density at radius 2 is 1.79 bits per heavy atom. The number of ether oxygens (including phenoxy) is 1. The molecule has 6 nitrogen and oxygen atoms in total. The molecule has 4 rings (SSSR count). The van der Waals surface area contributed by atoms with E-state index in [1.54, 1.807) is 36.4 Å². The van der Waals surface area contributed by atoms with Crippen LogP contribution in [0.25, 0.3) is 23.2 Å². The number of carbonyl (C=O) groups excluding carboxylic acids is 1. The first-order valence-electron chi connectivity index (χ1n) is 8.51. The molecule has 0 N–H and O–H groups in total. The Hall–Kier alpha value is -3.58. The number of rotatable bonds is 4. The van der Waals surface area contributed by atoms with Crippen molar-refractivity contribution < 1.29 is 9.53 Å². The van der Waals surface area contributed by atoms with Crippen molar-refractivity contribution in [3.05, 3.63) is 86.4 Å². The molecular formula is C21H15N3O3S. The van der Waals surface area contributed by atoms with E-state index in [1.807, 2.05) is 36.4 Å². The first-order valence-corrected chi connectivity index (χ1v) is 9.33. The summed E-state index contributed by atoms with van der Waals surface area (Å²) in [6.07, 6.45) is 5.45. The van der Waals surface area contributed by atoms with E-state index >= 15 is 0 Å². The molecule has 2 aromatic carbocycles. The monoisotopic (exact) mass is 389 g/mol. The quantitative estimate of drug-likeness (QED) is 0.396. The molecule has 138 valence electrons. The van der Waals surface area contributed by atoms with Crippen molar-refractivity contribution in [1.82, 2.24) is 14.6 Å². The van der Waals surface area contributed by atoms with Gasteiger partial charge in [0.25, 0.3) is 5.56 Å². The summed E-state index contributed by atoms with van der Waals surface area (Å²) >= 11 is 1.28. The van der Waals surface area contributed by atoms with Gasteiger partial charge in [-0.15, -0.1) is 5.10 Å². The van der Waals surface area contributed by atoms with Crippen molar-refractivity contribution in [3.63, 3.8) is 0 Å². The predicted octanol–water partition coefficient (Wildman–Crippen LogP) is 2.79. The van der Waals surface area contributed by atoms with E-state index < -0.39 is 0 Å². The van der Waals surface area contributed by atoms with Crippen LogP contribution in [0.1, 0.15) is 23.9 Å². The van der Waals surface area contributed by atoms with Crippen molar-refractivity contribution in [2.24, 2.45) is 0 Å². The fraction of sp³-hybridized carbons (Fsp3) is 0.0476. The topological polar surface area (TPSA) is 73.6 Å². The van der Waals surface area contributed by atoms with Gasteiger partial charge >= 0.3 is 5.97 Å². The smallest absolute Gasteiger partial charge is 0.308 e. The average molecular weight is 389 g/mol. The van der Waals surface area contributed by atoms with Crippen LogP contribution in [0.2, 0.25) is 0 Å². The number of thiazole rings is 1. The molecule has 0 amide bonds. The highest BCUT2D eigenvalue weighted by atomic mass is 32.1. The lowest BCUT2D eigenvalue weighted by atomic mass is 10.2. The molecule has 7 heteroatoms. The second kappa shape index (κ2) is 7.58. The number of carbonyl (C=O) groups is 1. The highest BCUT2D eigenvalue weighted by Crippen LogP contribution is 2.13. The van der Waals surface area contributed by atoms with Crippen LogP contribution in [0.5, 0.6) is 5.75 Å². The zero-order valence-corrected chi connectivity index (χ0v) is 15.7. The summed E-state index contributed by atoms with van der Waals surface area (Å²) in [6.45, 7) is 1.35. The van der Waals surface area contributed by atoms with Crippen LogP contribution < -0.4 is 14.8 Å². The molecule has 2 aromatic heterocycles. The van der Waals surface area contributed by atoms with E-state index in [9.17, 15) is 9.59 Å². The Morgan fingerprint density at radius 3 is 2.46 bits per heavy atom. The lowest BCUT2D eigenvalue weighted by molar-refractivity contribution is -0.131. The summed E-state index contributed by atoms with van der Waals surface area (Å²) in [5.74, 6) is 0.579. The maximum atomic E-state index is 12.6. The van der Waals surface area contributed by atoms with Gasteiger partial charge in [-0.05, 0) is 35.4 Å². The summed E-state index contributed by atoms with van der Waals surface area (Å²) in [4.78, 5) is 28.5. The maximum Gasteiger partial charge on any atom is 0.308 e. The molecule has 0 bridgehead atoms. The zero-order chi connectivity index (χ0) is 19.5. The van der Waals surface area contributed by atoms with Crippen molar-refractivity contribution in [1.29, 1.82) is 0 Å². The van der Waals surface area contributed by atoms with Crippen LogP contribution in [-0.2, 0) is 4.79 Å². The second-order valence-electron chi connectivity index (χ2n) is 5.99. The predicted molar refractivity (Wildman–Crippen MR) is 109 cm³/mol. The SMILES string of the molecule is CC(=O)Oc1ccc(C=c2sc3nc(C=Cc4ccccc4)nn3c2=O)cc1. The standard InChI is InChI=1S/C21H15N3O3S/c1-14(25)27-17-10-7-16(8-11-17)13-18-20(26)24-21(28-18)22-19(23-24)12-9-15-5-3-2-4-6-15/h2-13H,1H3. The number of esters is 1. The van der Waals surface area contributed by atoms with Gasteiger partial charge in [-0.3, -0.25) is 9.59 Å². The van der Waals surface area contributed by atoms with Gasteiger partial charge in [-0.2, -0.15) is 9.50 Å². The van der Waals surface area contributed by atoms with Gasteiger partial charge in [0.15, 0.2) is 5.82 Å². The fourth-order valence-corrected chi connectivity index (χ4v) is 3.52. The van der Waals surface area contributed by atoms with E-state index in [0.717, 1.165) is 11.1 Å². The lowest BCUT2D eigenvalue weighted by Crippen LogP contribution is -2.23. The molecule has 0 aliphatic heterocycles. The molecule has 0 aliphatic rings. The van der Waals surface area contributed by atoms with E-state index in [4.69, 9.17) is 4.74 Å². The third-order valence-electron chi connectivity index (χ3n) is 3.86. The van der Waals surface area contributed by atoms with E-state index in [-0.39, 0.29) is 11.5 Å². The molecule has 0 spiro atoms. The zero-order valence-electron chi connectivity index (χ0n) is 14.9. The Kier molecular flexibility index (Phi) is 4.82. The molecular weight excluding hydrogens is 374 g/mol. The van der Waals surface area contributed by atoms with Gasteiger partial charge in [-0.25, -0.2) is 0 Å². The Balaban J connectivity index is 1.61. The number of nitrogens with zero attached hydrogens (tertiary/aromatic N) is 3. The molecule has 0 atom stereocenters. The first-order chi connectivity index (χ1) is 13.6. The molecule has 0 unspecified atom stereocenters. The number of hydrogen-bond donors (Lipinski definition) is 0. The number of benzene rings is 2. The summed E-state index contributed by atoms with van der Waals surface area (Å²) < 4.78 is 6.85. The van der Waals surface area contributed by atoms with Gasteiger partial charge in [0.1, 0.15) is 5.75 Å². The van der Waals surface area contributed by atoms with Gasteiger partial charge in [-0.1, -0.05) is 59.9 Å². The number of aromatic nitrogens is 3. The fourth-order valence-electron chi connectivity index (χ4n) is 2.60. The lowest BCUT2D eigenvalue weighted by Gasteiger charge is -2.00. The highest BCUT2D eigenvalue weighted by Gasteiger charge is 2.09. The molecule has 0 saturated carbocycles. The molecule has 0 aliphatic carbocycles. The van der Waals surface area contributed by atoms with E-state index in [1.165, 1.54) is 22.8 Å². The number of hydrogen-bond acceptors (Lipinski definition) is 6. The average Bonchev–Trinajstić information content (AvgIpc) is 3.21. The minimum atomic E-state index is -0.374.